The number of likely N-dealkylation sites (tertiary alicyclic amines) is 1. The molecule has 7 atom stereocenters. The third kappa shape index (κ3) is 11.4. The minimum absolute atomic E-state index is 0.000319. The van der Waals surface area contributed by atoms with E-state index in [1.165, 1.54) is 6.92 Å². The van der Waals surface area contributed by atoms with Crippen LogP contribution in [0.15, 0.2) is 0 Å². The molecule has 14 nitrogen and oxygen atoms in total. The summed E-state index contributed by atoms with van der Waals surface area (Å²) >= 11 is 0. The van der Waals surface area contributed by atoms with Crippen LogP contribution < -0.4 is 26.6 Å². The molecule has 4 aliphatic rings. The van der Waals surface area contributed by atoms with E-state index in [1.54, 1.807) is 18.7 Å². The highest BCUT2D eigenvalue weighted by molar-refractivity contribution is 6.38. The first-order chi connectivity index (χ1) is 25.0. The molecule has 0 spiro atoms. The Morgan fingerprint density at radius 1 is 0.774 bits per heavy atom. The second-order valence-electron chi connectivity index (χ2n) is 17.1. The van der Waals surface area contributed by atoms with E-state index in [0.29, 0.717) is 12.8 Å². The van der Waals surface area contributed by atoms with Crippen LogP contribution in [-0.4, -0.2) is 94.7 Å². The van der Waals surface area contributed by atoms with Crippen molar-refractivity contribution in [2.75, 3.05) is 0 Å². The number of ether oxygens (including phenoxy) is 1. The molecule has 298 valence electrons. The lowest BCUT2D eigenvalue weighted by atomic mass is 9.81. The quantitative estimate of drug-likeness (QED) is 0.158. The molecule has 1 heterocycles. The minimum atomic E-state index is -1.04. The molecule has 3 unspecified atom stereocenters. The molecule has 0 bridgehead atoms. The summed E-state index contributed by atoms with van der Waals surface area (Å²) in [4.78, 5) is 96.4. The van der Waals surface area contributed by atoms with Gasteiger partial charge < -0.3 is 36.2 Å². The molecule has 14 heteroatoms. The van der Waals surface area contributed by atoms with Crippen LogP contribution in [0.5, 0.6) is 0 Å². The molecule has 5 N–H and O–H groups in total. The van der Waals surface area contributed by atoms with Gasteiger partial charge in [0.25, 0.3) is 5.91 Å². The van der Waals surface area contributed by atoms with E-state index in [9.17, 15) is 33.6 Å². The number of Topliss-reactive ketones (excluding diaryl/α,β-unsaturated/α-hetero) is 1. The number of hydrogen-bond acceptors (Lipinski definition) is 8. The van der Waals surface area contributed by atoms with Gasteiger partial charge in [0, 0.05) is 12.1 Å². The van der Waals surface area contributed by atoms with Crippen LogP contribution in [0.2, 0.25) is 0 Å². The van der Waals surface area contributed by atoms with Crippen molar-refractivity contribution in [3.05, 3.63) is 0 Å². The third-order valence-corrected chi connectivity index (χ3v) is 11.2. The van der Waals surface area contributed by atoms with Gasteiger partial charge >= 0.3 is 6.09 Å². The van der Waals surface area contributed by atoms with Crippen molar-refractivity contribution in [1.29, 1.82) is 0 Å². The number of carbonyl (C=O) groups excluding carboxylic acids is 7. The van der Waals surface area contributed by atoms with Crippen LogP contribution in [-0.2, 0) is 33.5 Å². The van der Waals surface area contributed by atoms with Crippen molar-refractivity contribution in [2.45, 2.75) is 187 Å². The van der Waals surface area contributed by atoms with E-state index < -0.39 is 71.1 Å². The topological polar surface area (TPSA) is 192 Å². The zero-order valence-electron chi connectivity index (χ0n) is 32.9. The van der Waals surface area contributed by atoms with Gasteiger partial charge in [-0.2, -0.15) is 0 Å². The maximum absolute atomic E-state index is 14.9. The van der Waals surface area contributed by atoms with Gasteiger partial charge in [-0.25, -0.2) is 4.79 Å². The van der Waals surface area contributed by atoms with Crippen molar-refractivity contribution in [3.8, 4) is 0 Å². The first kappa shape index (κ1) is 42.0. The molecule has 1 aliphatic heterocycles. The monoisotopic (exact) mass is 744 g/mol. The highest BCUT2D eigenvalue weighted by Gasteiger charge is 2.51. The highest BCUT2D eigenvalue weighted by Crippen LogP contribution is 2.41. The Hall–Kier alpha value is -3.71. The van der Waals surface area contributed by atoms with Crippen molar-refractivity contribution in [2.24, 2.45) is 17.3 Å². The van der Waals surface area contributed by atoms with Crippen molar-refractivity contribution in [3.63, 3.8) is 0 Å². The molecule has 6 amide bonds. The van der Waals surface area contributed by atoms with E-state index in [1.807, 2.05) is 27.7 Å². The Labute approximate surface area is 314 Å². The molecule has 53 heavy (non-hydrogen) atoms. The lowest BCUT2D eigenvalue weighted by Crippen LogP contribution is -2.63. The fourth-order valence-corrected chi connectivity index (χ4v) is 8.14. The number of amides is 6. The molecule has 3 aliphatic carbocycles. The molecular formula is C39H64N6O8. The molecule has 4 fully saturated rings. The van der Waals surface area contributed by atoms with E-state index >= 15 is 0 Å². The maximum Gasteiger partial charge on any atom is 0.408 e. The van der Waals surface area contributed by atoms with Crippen molar-refractivity contribution < 1.29 is 38.3 Å². The van der Waals surface area contributed by atoms with Crippen LogP contribution >= 0.6 is 0 Å². The summed E-state index contributed by atoms with van der Waals surface area (Å²) in [7, 11) is 0. The van der Waals surface area contributed by atoms with Gasteiger partial charge in [-0.3, -0.25) is 28.8 Å². The highest BCUT2D eigenvalue weighted by atomic mass is 16.6. The molecule has 0 aromatic rings. The second kappa shape index (κ2) is 18.6. The number of hydrogen-bond donors (Lipinski definition) is 5. The van der Waals surface area contributed by atoms with Crippen molar-refractivity contribution >= 4 is 41.4 Å². The molecule has 0 aromatic heterocycles. The number of fused-ring (bicyclic) bond motifs is 1. The van der Waals surface area contributed by atoms with E-state index in [4.69, 9.17) is 4.74 Å². The van der Waals surface area contributed by atoms with Crippen molar-refractivity contribution in [1.82, 2.24) is 31.5 Å². The summed E-state index contributed by atoms with van der Waals surface area (Å²) < 4.78 is 5.12. The zero-order chi connectivity index (χ0) is 39.0. The standard InChI is InChI=1S/C39H64N6O8/c1-8-14-27(31(46)36(50)41-26-19-20-26)42-34(48)29-21-25-17-12-13-18-28(25)45(29)37(51)32(39(5,6)7)44-35(49)30(24-15-10-9-11-16-24)43-33(47)23(4)40-38(52)53-22(2)3/h22-30,32H,8-21H2,1-7H3,(H,40,52)(H,41,50)(H,42,48)(H,43,47)(H,44,49)/t23-,25?,27?,28?,29+,30-,32+/m0/s1. The SMILES string of the molecule is CCCC(NC(=O)[C@H]1CC2CCCCC2N1C(=O)[C@@H](NC(=O)[C@@H](NC(=O)[C@H](C)NC(=O)OC(C)C)C1CCCCC1)C(C)(C)C)C(=O)C(=O)NC1CC1. The number of alkyl carbamates (subject to hydrolysis) is 1. The maximum atomic E-state index is 14.9. The summed E-state index contributed by atoms with van der Waals surface area (Å²) in [6.45, 7) is 12.4. The fourth-order valence-electron chi connectivity index (χ4n) is 8.14. The van der Waals surface area contributed by atoms with Gasteiger partial charge in [-0.15, -0.1) is 0 Å². The smallest absolute Gasteiger partial charge is 0.408 e. The van der Waals surface area contributed by atoms with Crippen LogP contribution in [0.1, 0.15) is 138 Å². The number of nitrogens with zero attached hydrogens (tertiary/aromatic N) is 1. The summed E-state index contributed by atoms with van der Waals surface area (Å²) in [6.07, 6.45) is 9.57. The zero-order valence-corrected chi connectivity index (χ0v) is 32.9. The normalized spacial score (nSPS) is 24.2. The summed E-state index contributed by atoms with van der Waals surface area (Å²) in [6, 6.07) is -5.06. The number of carbonyl (C=O) groups is 7. The van der Waals surface area contributed by atoms with Gasteiger partial charge in [-0.05, 0) is 89.4 Å². The largest absolute Gasteiger partial charge is 0.447 e. The van der Waals surface area contributed by atoms with Crippen LogP contribution in [0, 0.1) is 17.3 Å². The number of rotatable bonds is 15. The predicted octanol–water partition coefficient (Wildman–Crippen LogP) is 3.40. The van der Waals surface area contributed by atoms with Crippen LogP contribution in [0.4, 0.5) is 4.79 Å². The summed E-state index contributed by atoms with van der Waals surface area (Å²) in [5, 5.41) is 14.0. The summed E-state index contributed by atoms with van der Waals surface area (Å²) in [5.74, 6) is -3.36. The lowest BCUT2D eigenvalue weighted by molar-refractivity contribution is -0.147. The van der Waals surface area contributed by atoms with E-state index in [0.717, 1.165) is 70.6 Å². The first-order valence-corrected chi connectivity index (χ1v) is 20.1. The second-order valence-corrected chi connectivity index (χ2v) is 17.1. The van der Waals surface area contributed by atoms with Gasteiger partial charge in [0.1, 0.15) is 24.2 Å². The van der Waals surface area contributed by atoms with Gasteiger partial charge in [0.05, 0.1) is 12.1 Å². The molecule has 1 saturated heterocycles. The molecule has 0 aromatic carbocycles. The Morgan fingerprint density at radius 2 is 1.42 bits per heavy atom. The van der Waals surface area contributed by atoms with E-state index in [-0.39, 0.29) is 42.4 Å². The number of nitrogens with one attached hydrogen (secondary N) is 5. The molecule has 4 rings (SSSR count). The van der Waals surface area contributed by atoms with E-state index in [2.05, 4.69) is 26.6 Å². The molecule has 0 radical (unpaired) electrons. The minimum Gasteiger partial charge on any atom is -0.447 e. The summed E-state index contributed by atoms with van der Waals surface area (Å²) in [5.41, 5.74) is -0.779. The Morgan fingerprint density at radius 3 is 2.02 bits per heavy atom. The van der Waals surface area contributed by atoms with Crippen LogP contribution in [0.25, 0.3) is 0 Å². The van der Waals surface area contributed by atoms with Gasteiger partial charge in [-0.1, -0.05) is 66.2 Å². The Balaban J connectivity index is 1.56. The van der Waals surface area contributed by atoms with Crippen LogP contribution in [0.3, 0.4) is 0 Å². The fraction of sp³-hybridized carbons (Fsp3) is 0.821. The average molecular weight is 745 g/mol. The average Bonchev–Trinajstić information content (AvgIpc) is 3.83. The van der Waals surface area contributed by atoms with Gasteiger partial charge in [0.15, 0.2) is 0 Å². The Kier molecular flexibility index (Phi) is 14.7. The van der Waals surface area contributed by atoms with Gasteiger partial charge in [0.2, 0.25) is 29.4 Å². The Bertz CT molecular complexity index is 1350. The predicted molar refractivity (Wildman–Crippen MR) is 198 cm³/mol. The third-order valence-electron chi connectivity index (χ3n) is 11.2. The number of ketones is 1. The molecular weight excluding hydrogens is 680 g/mol. The first-order valence-electron chi connectivity index (χ1n) is 20.1. The lowest BCUT2D eigenvalue weighted by Gasteiger charge is -2.40. The molecule has 3 saturated carbocycles.